The van der Waals surface area contributed by atoms with E-state index in [1.807, 2.05) is 42.1 Å². The van der Waals surface area contributed by atoms with E-state index in [2.05, 4.69) is 14.9 Å². The fourth-order valence-electron chi connectivity index (χ4n) is 3.58. The minimum Gasteiger partial charge on any atom is -0.322 e. The highest BCUT2D eigenvalue weighted by atomic mass is 32.2. The smallest absolute Gasteiger partial charge is 0.261 e. The molecule has 3 aromatic carbocycles. The van der Waals surface area contributed by atoms with Crippen LogP contribution in [0, 0.1) is 0 Å². The molecule has 2 N–H and O–H groups in total. The van der Waals surface area contributed by atoms with Gasteiger partial charge in [0.15, 0.2) is 0 Å². The lowest BCUT2D eigenvalue weighted by atomic mass is 10.1. The molecule has 0 spiro atoms. The summed E-state index contributed by atoms with van der Waals surface area (Å²) in [6.07, 6.45) is 0.992. The van der Waals surface area contributed by atoms with Gasteiger partial charge in [-0.25, -0.2) is 8.42 Å². The molecule has 1 saturated heterocycles. The van der Waals surface area contributed by atoms with Gasteiger partial charge >= 0.3 is 0 Å². The summed E-state index contributed by atoms with van der Waals surface area (Å²) in [6.45, 7) is 3.36. The van der Waals surface area contributed by atoms with Crippen molar-refractivity contribution in [1.29, 1.82) is 0 Å². The lowest BCUT2D eigenvalue weighted by molar-refractivity contribution is 0.102. The van der Waals surface area contributed by atoms with Gasteiger partial charge in [-0.1, -0.05) is 30.3 Å². The van der Waals surface area contributed by atoms with E-state index in [-0.39, 0.29) is 10.8 Å². The maximum atomic E-state index is 12.6. The first kappa shape index (κ1) is 23.4. The quantitative estimate of drug-likeness (QED) is 0.501. The number of carbonyl (C=O) groups is 1. The number of anilines is 2. The lowest BCUT2D eigenvalue weighted by Gasteiger charge is -2.26. The fourth-order valence-corrected chi connectivity index (χ4v) is 5.61. The van der Waals surface area contributed by atoms with Gasteiger partial charge in [-0.2, -0.15) is 11.8 Å². The van der Waals surface area contributed by atoms with Gasteiger partial charge in [0.2, 0.25) is 0 Å². The third kappa shape index (κ3) is 6.60. The first-order chi connectivity index (χ1) is 16.0. The highest BCUT2D eigenvalue weighted by Gasteiger charge is 2.15. The molecule has 1 fully saturated rings. The van der Waals surface area contributed by atoms with E-state index in [9.17, 15) is 13.2 Å². The number of benzene rings is 3. The standard InChI is InChI=1S/C25H27N3O3S2/c29-25(26-22-10-6-20(7-11-22)14-15-28-16-18-32-19-17-28)21-8-12-24(13-9-21)33(30,31)27-23-4-2-1-3-5-23/h1-13,27H,14-19H2,(H,26,29). The normalized spacial score (nSPS) is 14.5. The van der Waals surface area contributed by atoms with Crippen LogP contribution in [0.5, 0.6) is 0 Å². The molecule has 0 aromatic heterocycles. The Morgan fingerprint density at radius 3 is 2.18 bits per heavy atom. The Morgan fingerprint density at radius 2 is 1.52 bits per heavy atom. The highest BCUT2D eigenvalue weighted by Crippen LogP contribution is 2.18. The predicted octanol–water partition coefficient (Wildman–Crippen LogP) is 4.33. The minimum atomic E-state index is -3.72. The van der Waals surface area contributed by atoms with Crippen LogP contribution in [0.2, 0.25) is 0 Å². The highest BCUT2D eigenvalue weighted by molar-refractivity contribution is 7.99. The van der Waals surface area contributed by atoms with Gasteiger partial charge in [-0.3, -0.25) is 9.52 Å². The van der Waals surface area contributed by atoms with Gasteiger partial charge in [0, 0.05) is 48.1 Å². The van der Waals surface area contributed by atoms with Crippen LogP contribution in [0.3, 0.4) is 0 Å². The average Bonchev–Trinajstić information content (AvgIpc) is 2.85. The molecule has 3 aromatic rings. The Labute approximate surface area is 199 Å². The molecule has 0 saturated carbocycles. The van der Waals surface area contributed by atoms with E-state index in [1.165, 1.54) is 41.3 Å². The second kappa shape index (κ2) is 10.9. The van der Waals surface area contributed by atoms with Crippen molar-refractivity contribution >= 4 is 39.1 Å². The summed E-state index contributed by atoms with van der Waals surface area (Å²) in [5, 5.41) is 2.87. The van der Waals surface area contributed by atoms with Crippen LogP contribution >= 0.6 is 11.8 Å². The van der Waals surface area contributed by atoms with Gasteiger partial charge in [-0.15, -0.1) is 0 Å². The Hall–Kier alpha value is -2.81. The molecule has 0 radical (unpaired) electrons. The number of nitrogens with one attached hydrogen (secondary N) is 2. The summed E-state index contributed by atoms with van der Waals surface area (Å²) < 4.78 is 27.6. The summed E-state index contributed by atoms with van der Waals surface area (Å²) in [5.74, 6) is 2.14. The molecule has 1 heterocycles. The fraction of sp³-hybridized carbons (Fsp3) is 0.240. The number of para-hydroxylation sites is 1. The molecule has 1 aliphatic rings. The number of thioether (sulfide) groups is 1. The Morgan fingerprint density at radius 1 is 0.848 bits per heavy atom. The first-order valence-electron chi connectivity index (χ1n) is 10.9. The number of amides is 1. The molecular formula is C25H27N3O3S2. The van der Waals surface area contributed by atoms with Gasteiger partial charge in [0.1, 0.15) is 0 Å². The van der Waals surface area contributed by atoms with Crippen molar-refractivity contribution in [2.45, 2.75) is 11.3 Å². The van der Waals surface area contributed by atoms with Crippen molar-refractivity contribution in [3.63, 3.8) is 0 Å². The molecule has 0 unspecified atom stereocenters. The largest absolute Gasteiger partial charge is 0.322 e. The monoisotopic (exact) mass is 481 g/mol. The number of hydrogen-bond donors (Lipinski definition) is 2. The summed E-state index contributed by atoms with van der Waals surface area (Å²) in [5.41, 5.74) is 2.82. The molecule has 4 rings (SSSR count). The molecule has 6 nitrogen and oxygen atoms in total. The van der Waals surface area contributed by atoms with Crippen LogP contribution in [0.15, 0.2) is 83.8 Å². The van der Waals surface area contributed by atoms with E-state index >= 15 is 0 Å². The number of nitrogens with zero attached hydrogens (tertiary/aromatic N) is 1. The van der Waals surface area contributed by atoms with E-state index in [4.69, 9.17) is 0 Å². The summed E-state index contributed by atoms with van der Waals surface area (Å²) in [4.78, 5) is 15.2. The van der Waals surface area contributed by atoms with Crippen molar-refractivity contribution in [2.75, 3.05) is 41.2 Å². The Balaban J connectivity index is 1.32. The molecule has 0 bridgehead atoms. The van der Waals surface area contributed by atoms with Crippen LogP contribution in [-0.4, -0.2) is 50.4 Å². The first-order valence-corrected chi connectivity index (χ1v) is 13.5. The molecule has 0 aliphatic carbocycles. The SMILES string of the molecule is O=C(Nc1ccc(CCN2CCSCC2)cc1)c1ccc(S(=O)(=O)Nc2ccccc2)cc1. The Kier molecular flexibility index (Phi) is 7.69. The zero-order chi connectivity index (χ0) is 23.1. The molecule has 172 valence electrons. The molecule has 33 heavy (non-hydrogen) atoms. The lowest BCUT2D eigenvalue weighted by Crippen LogP contribution is -2.34. The van der Waals surface area contributed by atoms with Crippen LogP contribution in [0.25, 0.3) is 0 Å². The summed E-state index contributed by atoms with van der Waals surface area (Å²) in [6, 6.07) is 22.5. The molecule has 0 atom stereocenters. The molecule has 8 heteroatoms. The van der Waals surface area contributed by atoms with Crippen molar-refractivity contribution in [3.8, 4) is 0 Å². The zero-order valence-corrected chi connectivity index (χ0v) is 19.9. The topological polar surface area (TPSA) is 78.5 Å². The number of rotatable bonds is 8. The average molecular weight is 482 g/mol. The van der Waals surface area contributed by atoms with Gasteiger partial charge in [0.05, 0.1) is 4.90 Å². The van der Waals surface area contributed by atoms with E-state index in [0.717, 1.165) is 26.1 Å². The summed E-state index contributed by atoms with van der Waals surface area (Å²) in [7, 11) is -3.72. The van der Waals surface area contributed by atoms with Gasteiger partial charge in [0.25, 0.3) is 15.9 Å². The number of sulfonamides is 1. The second-order valence-corrected chi connectivity index (χ2v) is 10.8. The maximum absolute atomic E-state index is 12.6. The second-order valence-electron chi connectivity index (χ2n) is 7.85. The third-order valence-electron chi connectivity index (χ3n) is 5.49. The van der Waals surface area contributed by atoms with E-state index < -0.39 is 10.0 Å². The maximum Gasteiger partial charge on any atom is 0.261 e. The summed E-state index contributed by atoms with van der Waals surface area (Å²) >= 11 is 2.01. The van der Waals surface area contributed by atoms with Crippen molar-refractivity contribution < 1.29 is 13.2 Å². The number of hydrogen-bond acceptors (Lipinski definition) is 5. The van der Waals surface area contributed by atoms with Crippen LogP contribution < -0.4 is 10.0 Å². The molecule has 1 amide bonds. The van der Waals surface area contributed by atoms with Crippen molar-refractivity contribution in [1.82, 2.24) is 4.90 Å². The zero-order valence-electron chi connectivity index (χ0n) is 18.2. The molecular weight excluding hydrogens is 454 g/mol. The van der Waals surface area contributed by atoms with Crippen LogP contribution in [0.4, 0.5) is 11.4 Å². The van der Waals surface area contributed by atoms with Crippen LogP contribution in [-0.2, 0) is 16.4 Å². The predicted molar refractivity (Wildman–Crippen MR) is 136 cm³/mol. The third-order valence-corrected chi connectivity index (χ3v) is 7.82. The van der Waals surface area contributed by atoms with E-state index in [1.54, 1.807) is 24.3 Å². The van der Waals surface area contributed by atoms with Gasteiger partial charge < -0.3 is 10.2 Å². The number of carbonyl (C=O) groups excluding carboxylic acids is 1. The van der Waals surface area contributed by atoms with Crippen molar-refractivity contribution in [2.24, 2.45) is 0 Å². The molecule has 1 aliphatic heterocycles. The van der Waals surface area contributed by atoms with Crippen LogP contribution in [0.1, 0.15) is 15.9 Å². The van der Waals surface area contributed by atoms with Crippen molar-refractivity contribution in [3.05, 3.63) is 90.0 Å². The van der Waals surface area contributed by atoms with Gasteiger partial charge in [-0.05, 0) is 60.5 Å². The van der Waals surface area contributed by atoms with E-state index in [0.29, 0.717) is 16.9 Å². The Bertz CT molecular complexity index is 1160. The minimum absolute atomic E-state index is 0.0968.